The van der Waals surface area contributed by atoms with Gasteiger partial charge in [0, 0.05) is 31.6 Å². The second kappa shape index (κ2) is 10.0. The van der Waals surface area contributed by atoms with Gasteiger partial charge in [-0.3, -0.25) is 9.59 Å². The van der Waals surface area contributed by atoms with Gasteiger partial charge >= 0.3 is 0 Å². The zero-order valence-corrected chi connectivity index (χ0v) is 16.1. The number of carbonyl (C=O) groups is 2. The number of nitrogens with zero attached hydrogens (tertiary/aromatic N) is 1. The fraction of sp³-hybridized carbons (Fsp3) is 0.364. The van der Waals surface area contributed by atoms with Crippen LogP contribution in [0.4, 0.5) is 8.78 Å². The van der Waals surface area contributed by atoms with E-state index in [1.54, 1.807) is 4.90 Å². The Morgan fingerprint density at radius 2 is 1.69 bits per heavy atom. The Bertz CT molecular complexity index is 817. The molecule has 1 heterocycles. The fourth-order valence-corrected chi connectivity index (χ4v) is 3.37. The van der Waals surface area contributed by atoms with Crippen LogP contribution in [0.5, 0.6) is 5.75 Å². The lowest BCUT2D eigenvalue weighted by atomic mass is 9.95. The molecule has 0 atom stereocenters. The number of likely N-dealkylation sites (tertiary alicyclic amines) is 1. The summed E-state index contributed by atoms with van der Waals surface area (Å²) in [5, 5.41) is 2.72. The smallest absolute Gasteiger partial charge is 0.225 e. The second-order valence-electron chi connectivity index (χ2n) is 7.06. The number of rotatable bonds is 7. The third-order valence-corrected chi connectivity index (χ3v) is 4.94. The second-order valence-corrected chi connectivity index (χ2v) is 7.06. The summed E-state index contributed by atoms with van der Waals surface area (Å²) < 4.78 is 32.0. The van der Waals surface area contributed by atoms with Crippen molar-refractivity contribution in [3.8, 4) is 5.75 Å². The predicted molar refractivity (Wildman–Crippen MR) is 104 cm³/mol. The first-order chi connectivity index (χ1) is 14.0. The van der Waals surface area contributed by atoms with E-state index in [9.17, 15) is 18.4 Å². The van der Waals surface area contributed by atoms with E-state index in [1.807, 2.05) is 30.3 Å². The summed E-state index contributed by atoms with van der Waals surface area (Å²) in [6.45, 7) is 1.41. The lowest BCUT2D eigenvalue weighted by Gasteiger charge is -2.31. The van der Waals surface area contributed by atoms with Crippen LogP contribution in [0, 0.1) is 17.6 Å². The molecule has 1 aliphatic rings. The van der Waals surface area contributed by atoms with Gasteiger partial charge in [0.1, 0.15) is 17.4 Å². The quantitative estimate of drug-likeness (QED) is 0.773. The lowest BCUT2D eigenvalue weighted by Crippen LogP contribution is -2.43. The Morgan fingerprint density at radius 1 is 1.03 bits per heavy atom. The predicted octanol–water partition coefficient (Wildman–Crippen LogP) is 3.29. The number of carbonyl (C=O) groups excluding carboxylic acids is 2. The molecular weight excluding hydrogens is 378 g/mol. The van der Waals surface area contributed by atoms with E-state index in [-0.39, 0.29) is 30.7 Å². The molecule has 7 heteroatoms. The summed E-state index contributed by atoms with van der Waals surface area (Å²) in [5.74, 6) is -0.967. The van der Waals surface area contributed by atoms with Crippen LogP contribution < -0.4 is 10.1 Å². The molecule has 0 bridgehead atoms. The van der Waals surface area contributed by atoms with E-state index in [0.29, 0.717) is 38.1 Å². The van der Waals surface area contributed by atoms with Crippen molar-refractivity contribution < 1.29 is 23.1 Å². The molecule has 0 saturated carbocycles. The molecule has 1 saturated heterocycles. The van der Waals surface area contributed by atoms with Gasteiger partial charge in [0.25, 0.3) is 0 Å². The fourth-order valence-electron chi connectivity index (χ4n) is 3.37. The minimum Gasteiger partial charge on any atom is -0.493 e. The SMILES string of the molecule is O=C(NCc1cc(F)cc(F)c1)C1CCN(C(=O)CCOc2ccccc2)CC1. The summed E-state index contributed by atoms with van der Waals surface area (Å²) in [6.07, 6.45) is 1.42. The van der Waals surface area contributed by atoms with E-state index in [2.05, 4.69) is 5.32 Å². The van der Waals surface area contributed by atoms with Gasteiger partial charge in [-0.25, -0.2) is 8.78 Å². The number of ether oxygens (including phenoxy) is 1. The summed E-state index contributed by atoms with van der Waals surface area (Å²) in [5.41, 5.74) is 0.377. The number of hydrogen-bond acceptors (Lipinski definition) is 3. The van der Waals surface area contributed by atoms with Crippen molar-refractivity contribution in [3.05, 3.63) is 65.7 Å². The van der Waals surface area contributed by atoms with Gasteiger partial charge in [0.15, 0.2) is 0 Å². The Labute approximate surface area is 168 Å². The number of nitrogens with one attached hydrogen (secondary N) is 1. The van der Waals surface area contributed by atoms with E-state index >= 15 is 0 Å². The maximum atomic E-state index is 13.2. The van der Waals surface area contributed by atoms with E-state index in [1.165, 1.54) is 12.1 Å². The average Bonchev–Trinajstić information content (AvgIpc) is 2.72. The number of benzene rings is 2. The van der Waals surface area contributed by atoms with Crippen LogP contribution in [-0.2, 0) is 16.1 Å². The molecule has 0 unspecified atom stereocenters. The zero-order chi connectivity index (χ0) is 20.6. The van der Waals surface area contributed by atoms with E-state index in [4.69, 9.17) is 4.74 Å². The van der Waals surface area contributed by atoms with Crippen LogP contribution in [0.3, 0.4) is 0 Å². The van der Waals surface area contributed by atoms with E-state index in [0.717, 1.165) is 11.8 Å². The maximum Gasteiger partial charge on any atom is 0.225 e. The molecule has 0 aromatic heterocycles. The molecular formula is C22H24F2N2O3. The first-order valence-electron chi connectivity index (χ1n) is 9.69. The van der Waals surface area contributed by atoms with Gasteiger partial charge in [-0.2, -0.15) is 0 Å². The first-order valence-corrected chi connectivity index (χ1v) is 9.69. The van der Waals surface area contributed by atoms with Crippen LogP contribution >= 0.6 is 0 Å². The topological polar surface area (TPSA) is 58.6 Å². The minimum absolute atomic E-state index is 0.00928. The zero-order valence-electron chi connectivity index (χ0n) is 16.1. The van der Waals surface area contributed by atoms with Crippen molar-refractivity contribution in [3.63, 3.8) is 0 Å². The van der Waals surface area contributed by atoms with Gasteiger partial charge < -0.3 is 15.0 Å². The normalized spacial score (nSPS) is 14.5. The Morgan fingerprint density at radius 3 is 2.34 bits per heavy atom. The van der Waals surface area contributed by atoms with Gasteiger partial charge in [0.2, 0.25) is 11.8 Å². The molecule has 0 aliphatic carbocycles. The lowest BCUT2D eigenvalue weighted by molar-refractivity contribution is -0.136. The molecule has 154 valence electrons. The molecule has 0 radical (unpaired) electrons. The third-order valence-electron chi connectivity index (χ3n) is 4.94. The highest BCUT2D eigenvalue weighted by Crippen LogP contribution is 2.19. The number of hydrogen-bond donors (Lipinski definition) is 1. The minimum atomic E-state index is -0.669. The van der Waals surface area contributed by atoms with E-state index < -0.39 is 11.6 Å². The summed E-state index contributed by atoms with van der Waals surface area (Å²) in [6, 6.07) is 12.5. The highest BCUT2D eigenvalue weighted by molar-refractivity contribution is 5.80. The van der Waals surface area contributed by atoms with Crippen LogP contribution in [0.1, 0.15) is 24.8 Å². The van der Waals surface area contributed by atoms with Gasteiger partial charge in [-0.1, -0.05) is 18.2 Å². The van der Waals surface area contributed by atoms with Crippen molar-refractivity contribution in [1.82, 2.24) is 10.2 Å². The molecule has 29 heavy (non-hydrogen) atoms. The monoisotopic (exact) mass is 402 g/mol. The number of amides is 2. The Hall–Kier alpha value is -2.96. The maximum absolute atomic E-state index is 13.2. The van der Waals surface area contributed by atoms with Gasteiger partial charge in [-0.15, -0.1) is 0 Å². The number of halogens is 2. The Kier molecular flexibility index (Phi) is 7.16. The molecule has 2 aromatic rings. The van der Waals surface area contributed by atoms with Crippen LogP contribution in [0.25, 0.3) is 0 Å². The molecule has 1 fully saturated rings. The summed E-state index contributed by atoms with van der Waals surface area (Å²) in [4.78, 5) is 26.4. The highest BCUT2D eigenvalue weighted by atomic mass is 19.1. The highest BCUT2D eigenvalue weighted by Gasteiger charge is 2.27. The van der Waals surface area contributed by atoms with Crippen molar-refractivity contribution in [2.75, 3.05) is 19.7 Å². The molecule has 2 aromatic carbocycles. The largest absolute Gasteiger partial charge is 0.493 e. The number of para-hydroxylation sites is 1. The average molecular weight is 402 g/mol. The molecule has 2 amide bonds. The van der Waals surface area contributed by atoms with Gasteiger partial charge in [-0.05, 0) is 42.7 Å². The molecule has 0 spiro atoms. The van der Waals surface area contributed by atoms with Crippen molar-refractivity contribution in [2.24, 2.45) is 5.92 Å². The molecule has 5 nitrogen and oxygen atoms in total. The first kappa shape index (κ1) is 20.8. The molecule has 3 rings (SSSR count). The standard InChI is InChI=1S/C22H24F2N2O3/c23-18-12-16(13-19(24)14-18)15-25-22(28)17-6-9-26(10-7-17)21(27)8-11-29-20-4-2-1-3-5-20/h1-5,12-14,17H,6-11,15H2,(H,25,28). The summed E-state index contributed by atoms with van der Waals surface area (Å²) in [7, 11) is 0. The van der Waals surface area contributed by atoms with Crippen molar-refractivity contribution >= 4 is 11.8 Å². The third kappa shape index (κ3) is 6.27. The van der Waals surface area contributed by atoms with Crippen molar-refractivity contribution in [2.45, 2.75) is 25.8 Å². The molecule has 1 aliphatic heterocycles. The number of piperidine rings is 1. The van der Waals surface area contributed by atoms with Crippen LogP contribution in [0.2, 0.25) is 0 Å². The van der Waals surface area contributed by atoms with Gasteiger partial charge in [0.05, 0.1) is 13.0 Å². The van der Waals surface area contributed by atoms with Crippen molar-refractivity contribution in [1.29, 1.82) is 0 Å². The summed E-state index contributed by atoms with van der Waals surface area (Å²) >= 11 is 0. The Balaban J connectivity index is 1.37. The van der Waals surface area contributed by atoms with Crippen LogP contribution in [0.15, 0.2) is 48.5 Å². The molecule has 1 N–H and O–H groups in total. The van der Waals surface area contributed by atoms with Crippen LogP contribution in [-0.4, -0.2) is 36.4 Å².